The first-order valence-corrected chi connectivity index (χ1v) is 21.1. The van der Waals surface area contributed by atoms with Crippen LogP contribution in [0.4, 0.5) is 0 Å². The third-order valence-electron chi connectivity index (χ3n) is 4.69. The highest BCUT2D eigenvalue weighted by Crippen LogP contribution is 3.04. The van der Waals surface area contributed by atoms with Gasteiger partial charge in [0.1, 0.15) is 0 Å². The summed E-state index contributed by atoms with van der Waals surface area (Å²) >= 11 is 19.6. The zero-order valence-corrected chi connectivity index (χ0v) is 23.4. The lowest BCUT2D eigenvalue weighted by molar-refractivity contribution is 1.42. The van der Waals surface area contributed by atoms with E-state index in [1.54, 1.807) is 23.5 Å². The van der Waals surface area contributed by atoms with E-state index >= 15 is 0 Å². The average molecular weight is 561 g/mol. The standard InChI is InChI=1S/C24H18P2S6/c27-25(19-11-15-23(16-12-19)29-21-7-3-1-4-8-21)31-26(28,32-25)20-13-17-24(18-14-20)30-22-9-5-2-6-10-22/h1-18H. The zero-order chi connectivity index (χ0) is 22.0. The van der Waals surface area contributed by atoms with Gasteiger partial charge in [-0.25, -0.2) is 0 Å². The van der Waals surface area contributed by atoms with Gasteiger partial charge in [-0.2, -0.15) is 0 Å². The molecular weight excluding hydrogens is 543 g/mol. The molecule has 0 atom stereocenters. The minimum atomic E-state index is -1.70. The lowest BCUT2D eigenvalue weighted by atomic mass is 10.4. The molecule has 0 amide bonds. The summed E-state index contributed by atoms with van der Waals surface area (Å²) in [5.41, 5.74) is 0. The highest BCUT2D eigenvalue weighted by Gasteiger charge is 2.45. The molecule has 0 saturated carbocycles. The maximum Gasteiger partial charge on any atom is 0.0965 e. The summed E-state index contributed by atoms with van der Waals surface area (Å²) < 4.78 is -3.41. The minimum absolute atomic E-state index is 1.24. The van der Waals surface area contributed by atoms with Crippen molar-refractivity contribution in [3.05, 3.63) is 109 Å². The maximum atomic E-state index is 6.12. The monoisotopic (exact) mass is 560 g/mol. The summed E-state index contributed by atoms with van der Waals surface area (Å²) in [5, 5.41) is 2.55. The van der Waals surface area contributed by atoms with Crippen molar-refractivity contribution in [1.82, 2.24) is 0 Å². The molecule has 0 N–H and O–H groups in total. The Labute approximate surface area is 215 Å². The van der Waals surface area contributed by atoms with Crippen molar-refractivity contribution in [2.45, 2.75) is 19.6 Å². The van der Waals surface area contributed by atoms with Gasteiger partial charge in [-0.1, -0.05) is 130 Å². The lowest BCUT2D eigenvalue weighted by Crippen LogP contribution is -2.09. The Morgan fingerprint density at radius 3 is 1.09 bits per heavy atom. The molecule has 1 aliphatic rings. The quantitative estimate of drug-likeness (QED) is 0.214. The van der Waals surface area contributed by atoms with Crippen LogP contribution in [0.2, 0.25) is 0 Å². The number of hydrogen-bond donors (Lipinski definition) is 0. The van der Waals surface area contributed by atoms with Crippen LogP contribution in [0.3, 0.4) is 0 Å². The summed E-state index contributed by atoms with van der Waals surface area (Å²) in [6, 6.07) is 38.5. The Morgan fingerprint density at radius 2 is 0.750 bits per heavy atom. The van der Waals surface area contributed by atoms with Crippen LogP contribution in [0, 0.1) is 0 Å². The molecule has 0 bridgehead atoms. The van der Waals surface area contributed by atoms with Crippen LogP contribution in [0.15, 0.2) is 129 Å². The molecule has 8 heteroatoms. The van der Waals surface area contributed by atoms with Gasteiger partial charge in [-0.3, -0.25) is 0 Å². The minimum Gasteiger partial charge on any atom is -0.0901 e. The molecular formula is C24H18P2S6. The molecule has 1 saturated heterocycles. The smallest absolute Gasteiger partial charge is 0.0901 e. The van der Waals surface area contributed by atoms with Crippen LogP contribution >= 0.6 is 54.4 Å². The van der Waals surface area contributed by atoms with Gasteiger partial charge in [0.15, 0.2) is 0 Å². The second-order valence-corrected chi connectivity index (χ2v) is 30.6. The molecule has 0 unspecified atom stereocenters. The van der Waals surface area contributed by atoms with Crippen molar-refractivity contribution in [3.8, 4) is 0 Å². The highest BCUT2D eigenvalue weighted by molar-refractivity contribution is 9.48. The topological polar surface area (TPSA) is 0 Å². The third-order valence-corrected chi connectivity index (χ3v) is 38.0. The van der Waals surface area contributed by atoms with E-state index in [1.165, 1.54) is 30.2 Å². The SMILES string of the molecule is S=P1(c2ccc(Sc3ccccc3)cc2)SP(=S)(c2ccc(Sc3ccccc3)cc2)S1. The molecule has 0 radical (unpaired) electrons. The van der Waals surface area contributed by atoms with E-state index in [0.29, 0.717) is 0 Å². The van der Waals surface area contributed by atoms with Crippen molar-refractivity contribution < 1.29 is 0 Å². The van der Waals surface area contributed by atoms with Gasteiger partial charge in [-0.05, 0) is 48.5 Å². The second-order valence-electron chi connectivity index (χ2n) is 6.98. The number of benzene rings is 4. The molecule has 0 spiro atoms. The van der Waals surface area contributed by atoms with E-state index in [9.17, 15) is 0 Å². The molecule has 5 rings (SSSR count). The first-order chi connectivity index (χ1) is 15.5. The van der Waals surface area contributed by atoms with Gasteiger partial charge >= 0.3 is 0 Å². The van der Waals surface area contributed by atoms with Gasteiger partial charge in [-0.15, -0.1) is 0 Å². The fourth-order valence-corrected chi connectivity index (χ4v) is 47.1. The zero-order valence-electron chi connectivity index (χ0n) is 16.7. The van der Waals surface area contributed by atoms with E-state index in [4.69, 9.17) is 23.6 Å². The molecule has 1 heterocycles. The third kappa shape index (κ3) is 5.29. The Balaban J connectivity index is 1.25. The van der Waals surface area contributed by atoms with Crippen LogP contribution in [-0.2, 0) is 23.6 Å². The molecule has 32 heavy (non-hydrogen) atoms. The first kappa shape index (κ1) is 23.3. The molecule has 160 valence electrons. The Kier molecular flexibility index (Phi) is 7.33. The maximum absolute atomic E-state index is 6.12. The summed E-state index contributed by atoms with van der Waals surface area (Å²) in [5.74, 6) is 0. The van der Waals surface area contributed by atoms with E-state index in [1.807, 2.05) is 34.1 Å². The van der Waals surface area contributed by atoms with Crippen LogP contribution in [-0.4, -0.2) is 0 Å². The lowest BCUT2D eigenvalue weighted by Gasteiger charge is -2.40. The predicted octanol–water partition coefficient (Wildman–Crippen LogP) is 9.04. The van der Waals surface area contributed by atoms with E-state index in [-0.39, 0.29) is 0 Å². The van der Waals surface area contributed by atoms with Gasteiger partial charge < -0.3 is 0 Å². The second kappa shape index (κ2) is 10.1. The highest BCUT2D eigenvalue weighted by atomic mass is 33.7. The summed E-state index contributed by atoms with van der Waals surface area (Å²) in [6.45, 7) is 0. The van der Waals surface area contributed by atoms with Crippen molar-refractivity contribution in [2.75, 3.05) is 0 Å². The van der Waals surface area contributed by atoms with Gasteiger partial charge in [0, 0.05) is 30.2 Å². The predicted molar refractivity (Wildman–Crippen MR) is 157 cm³/mol. The van der Waals surface area contributed by atoms with Crippen LogP contribution in [0.25, 0.3) is 0 Å². The number of rotatable bonds is 6. The largest absolute Gasteiger partial charge is 0.0965 e. The normalized spacial score (nSPS) is 22.2. The van der Waals surface area contributed by atoms with E-state index < -0.39 is 8.88 Å². The molecule has 0 aliphatic carbocycles. The van der Waals surface area contributed by atoms with Crippen LogP contribution < -0.4 is 10.6 Å². The average Bonchev–Trinajstić information content (AvgIpc) is 2.80. The Morgan fingerprint density at radius 1 is 0.438 bits per heavy atom. The van der Waals surface area contributed by atoms with Crippen molar-refractivity contribution in [2.24, 2.45) is 0 Å². The first-order valence-electron chi connectivity index (χ1n) is 9.82. The molecule has 4 aromatic carbocycles. The van der Waals surface area contributed by atoms with E-state index in [2.05, 4.69) is 97.1 Å². The molecule has 1 fully saturated rings. The van der Waals surface area contributed by atoms with Gasteiger partial charge in [0.2, 0.25) is 0 Å². The van der Waals surface area contributed by atoms with Gasteiger partial charge in [0.25, 0.3) is 0 Å². The van der Waals surface area contributed by atoms with Crippen LogP contribution in [0.5, 0.6) is 0 Å². The fourth-order valence-electron chi connectivity index (χ4n) is 3.12. The van der Waals surface area contributed by atoms with Crippen molar-refractivity contribution in [1.29, 1.82) is 0 Å². The number of hydrogen-bond acceptors (Lipinski definition) is 6. The molecule has 0 nitrogen and oxygen atoms in total. The summed E-state index contributed by atoms with van der Waals surface area (Å²) in [6.07, 6.45) is 0. The molecule has 1 aliphatic heterocycles. The van der Waals surface area contributed by atoms with Gasteiger partial charge in [0.05, 0.1) is 8.88 Å². The Bertz CT molecular complexity index is 1190. The molecule has 4 aromatic rings. The van der Waals surface area contributed by atoms with Crippen molar-refractivity contribution >= 4 is 88.6 Å². The van der Waals surface area contributed by atoms with Crippen molar-refractivity contribution in [3.63, 3.8) is 0 Å². The van der Waals surface area contributed by atoms with E-state index in [0.717, 1.165) is 0 Å². The molecule has 0 aromatic heterocycles. The Hall–Kier alpha value is -0.420. The fraction of sp³-hybridized carbons (Fsp3) is 0. The summed E-state index contributed by atoms with van der Waals surface area (Å²) in [7, 11) is 0. The van der Waals surface area contributed by atoms with Crippen LogP contribution in [0.1, 0.15) is 0 Å². The summed E-state index contributed by atoms with van der Waals surface area (Å²) in [4.78, 5) is 4.98.